The quantitative estimate of drug-likeness (QED) is 0.380. The molecule has 4 N–H and O–H groups in total. The molecule has 0 aliphatic carbocycles. The fourth-order valence-corrected chi connectivity index (χ4v) is 3.59. The summed E-state index contributed by atoms with van der Waals surface area (Å²) in [4.78, 5) is 29.1. The summed E-state index contributed by atoms with van der Waals surface area (Å²) in [5.41, 5.74) is 11.3. The molecule has 9 nitrogen and oxygen atoms in total. The third kappa shape index (κ3) is 3.94. The van der Waals surface area contributed by atoms with E-state index >= 15 is 0 Å². The van der Waals surface area contributed by atoms with Crippen LogP contribution in [0.15, 0.2) is 79.1 Å². The second kappa shape index (κ2) is 8.39. The monoisotopic (exact) mass is 437 g/mol. The Labute approximate surface area is 188 Å². The van der Waals surface area contributed by atoms with Crippen molar-refractivity contribution >= 4 is 23.1 Å². The molecule has 0 spiro atoms. The summed E-state index contributed by atoms with van der Waals surface area (Å²) in [5.74, 6) is 0.971. The van der Waals surface area contributed by atoms with Gasteiger partial charge in [0.2, 0.25) is 0 Å². The van der Waals surface area contributed by atoms with Gasteiger partial charge in [-0.15, -0.1) is 0 Å². The minimum atomic E-state index is -1.07. The SMILES string of the molecule is Nc1ncccc1-c1nc2ccc(-c3ccccn3)nc2n1-c1ccc(CNC(=O)O)cc1. The Balaban J connectivity index is 1.69. The lowest BCUT2D eigenvalue weighted by Gasteiger charge is -2.11. The fraction of sp³-hybridized carbons (Fsp3) is 0.0417. The zero-order chi connectivity index (χ0) is 22.8. The molecule has 5 rings (SSSR count). The molecular formula is C24H19N7O2. The number of carboxylic acid groups (broad SMARTS) is 1. The number of rotatable bonds is 5. The lowest BCUT2D eigenvalue weighted by Crippen LogP contribution is -2.19. The Morgan fingerprint density at radius 3 is 2.45 bits per heavy atom. The van der Waals surface area contributed by atoms with Crippen LogP contribution in [0.5, 0.6) is 0 Å². The first-order chi connectivity index (χ1) is 16.1. The third-order valence-electron chi connectivity index (χ3n) is 5.15. The van der Waals surface area contributed by atoms with Gasteiger partial charge in [0.05, 0.1) is 17.0 Å². The number of benzene rings is 1. The highest BCUT2D eigenvalue weighted by Crippen LogP contribution is 2.31. The number of fused-ring (bicyclic) bond motifs is 1. The van der Waals surface area contributed by atoms with Crippen LogP contribution in [0.25, 0.3) is 39.6 Å². The summed E-state index contributed by atoms with van der Waals surface area (Å²) >= 11 is 0. The van der Waals surface area contributed by atoms with Crippen LogP contribution in [-0.4, -0.2) is 35.7 Å². The molecule has 162 valence electrons. The highest BCUT2D eigenvalue weighted by atomic mass is 16.4. The van der Waals surface area contributed by atoms with E-state index in [9.17, 15) is 4.79 Å². The molecule has 0 saturated carbocycles. The Hall–Kier alpha value is -4.79. The van der Waals surface area contributed by atoms with E-state index in [1.807, 2.05) is 71.3 Å². The largest absolute Gasteiger partial charge is 0.465 e. The van der Waals surface area contributed by atoms with Gasteiger partial charge in [-0.25, -0.2) is 19.7 Å². The lowest BCUT2D eigenvalue weighted by atomic mass is 10.2. The number of carbonyl (C=O) groups is 1. The summed E-state index contributed by atoms with van der Waals surface area (Å²) in [6.07, 6.45) is 2.29. The van der Waals surface area contributed by atoms with Crippen LogP contribution in [-0.2, 0) is 6.54 Å². The van der Waals surface area contributed by atoms with Crippen LogP contribution >= 0.6 is 0 Å². The van der Waals surface area contributed by atoms with Crippen molar-refractivity contribution in [3.05, 3.63) is 84.7 Å². The van der Waals surface area contributed by atoms with E-state index in [1.165, 1.54) is 0 Å². The minimum absolute atomic E-state index is 0.213. The summed E-state index contributed by atoms with van der Waals surface area (Å²) in [7, 11) is 0. The van der Waals surface area contributed by atoms with Gasteiger partial charge in [0.1, 0.15) is 11.3 Å². The molecule has 0 aliphatic rings. The summed E-state index contributed by atoms with van der Waals surface area (Å²) in [6, 6.07) is 20.6. The van der Waals surface area contributed by atoms with Crippen LogP contribution in [0.4, 0.5) is 10.6 Å². The smallest absolute Gasteiger partial charge is 0.404 e. The van der Waals surface area contributed by atoms with Crippen molar-refractivity contribution in [1.29, 1.82) is 0 Å². The van der Waals surface area contributed by atoms with E-state index in [1.54, 1.807) is 12.4 Å². The topological polar surface area (TPSA) is 132 Å². The second-order valence-electron chi connectivity index (χ2n) is 7.29. The van der Waals surface area contributed by atoms with Gasteiger partial charge < -0.3 is 16.2 Å². The summed E-state index contributed by atoms with van der Waals surface area (Å²) < 4.78 is 1.92. The zero-order valence-electron chi connectivity index (χ0n) is 17.4. The minimum Gasteiger partial charge on any atom is -0.465 e. The number of pyridine rings is 3. The number of nitrogen functional groups attached to an aromatic ring is 1. The van der Waals surface area contributed by atoms with Gasteiger partial charge in [-0.1, -0.05) is 18.2 Å². The van der Waals surface area contributed by atoms with Gasteiger partial charge >= 0.3 is 6.09 Å². The van der Waals surface area contributed by atoms with Crippen LogP contribution in [0.3, 0.4) is 0 Å². The second-order valence-corrected chi connectivity index (χ2v) is 7.29. The predicted octanol–water partition coefficient (Wildman–Crippen LogP) is 3.89. The van der Waals surface area contributed by atoms with E-state index in [2.05, 4.69) is 15.3 Å². The first-order valence-electron chi connectivity index (χ1n) is 10.2. The van der Waals surface area contributed by atoms with Gasteiger partial charge in [-0.05, 0) is 54.1 Å². The molecule has 33 heavy (non-hydrogen) atoms. The van der Waals surface area contributed by atoms with Gasteiger partial charge in [-0.3, -0.25) is 9.55 Å². The zero-order valence-corrected chi connectivity index (χ0v) is 17.4. The van der Waals surface area contributed by atoms with Crippen molar-refractivity contribution in [1.82, 2.24) is 29.8 Å². The first kappa shape index (κ1) is 20.1. The van der Waals surface area contributed by atoms with E-state index in [-0.39, 0.29) is 6.54 Å². The van der Waals surface area contributed by atoms with Gasteiger partial charge in [0.15, 0.2) is 11.5 Å². The van der Waals surface area contributed by atoms with Crippen molar-refractivity contribution in [2.45, 2.75) is 6.54 Å². The maximum Gasteiger partial charge on any atom is 0.404 e. The first-order valence-corrected chi connectivity index (χ1v) is 10.2. The van der Waals surface area contributed by atoms with Gasteiger partial charge in [0, 0.05) is 24.6 Å². The Bertz CT molecular complexity index is 1450. The number of nitrogens with two attached hydrogens (primary N) is 1. The van der Waals surface area contributed by atoms with Crippen LogP contribution in [0, 0.1) is 0 Å². The van der Waals surface area contributed by atoms with Gasteiger partial charge in [-0.2, -0.15) is 0 Å². The maximum atomic E-state index is 10.8. The van der Waals surface area contributed by atoms with Crippen molar-refractivity contribution in [3.8, 4) is 28.5 Å². The number of aromatic nitrogens is 5. The Morgan fingerprint density at radius 2 is 1.73 bits per heavy atom. The molecule has 5 aromatic rings. The normalized spacial score (nSPS) is 10.9. The van der Waals surface area contributed by atoms with E-state index in [0.717, 1.165) is 22.6 Å². The molecule has 4 heterocycles. The number of hydrogen-bond acceptors (Lipinski definition) is 6. The number of nitrogens with one attached hydrogen (secondary N) is 1. The van der Waals surface area contributed by atoms with Gasteiger partial charge in [0.25, 0.3) is 0 Å². The number of nitrogens with zero attached hydrogens (tertiary/aromatic N) is 5. The average molecular weight is 437 g/mol. The summed E-state index contributed by atoms with van der Waals surface area (Å²) in [6.45, 7) is 0.213. The fourth-order valence-electron chi connectivity index (χ4n) is 3.59. The molecule has 4 aromatic heterocycles. The summed E-state index contributed by atoms with van der Waals surface area (Å²) in [5, 5.41) is 11.2. The molecule has 1 amide bonds. The van der Waals surface area contributed by atoms with Crippen LogP contribution in [0.1, 0.15) is 5.56 Å². The standard InChI is InChI=1S/C24H19N7O2/c25-21-17(4-3-13-27-21)22-30-20-11-10-19(18-5-1-2-12-26-18)29-23(20)31(22)16-8-6-15(7-9-16)14-28-24(32)33/h1-13,28H,14H2,(H2,25,27)(H,32,33). The maximum absolute atomic E-state index is 10.8. The van der Waals surface area contributed by atoms with Crippen LogP contribution in [0.2, 0.25) is 0 Å². The van der Waals surface area contributed by atoms with E-state index in [0.29, 0.717) is 28.4 Å². The highest BCUT2D eigenvalue weighted by Gasteiger charge is 2.18. The lowest BCUT2D eigenvalue weighted by molar-refractivity contribution is 0.194. The predicted molar refractivity (Wildman–Crippen MR) is 125 cm³/mol. The van der Waals surface area contributed by atoms with E-state index < -0.39 is 6.09 Å². The molecule has 0 aliphatic heterocycles. The van der Waals surface area contributed by atoms with Crippen molar-refractivity contribution in [2.24, 2.45) is 0 Å². The highest BCUT2D eigenvalue weighted by molar-refractivity contribution is 5.84. The molecule has 0 unspecified atom stereocenters. The molecule has 0 saturated heterocycles. The average Bonchev–Trinajstić information content (AvgIpc) is 3.22. The molecule has 0 radical (unpaired) electrons. The molecule has 1 aromatic carbocycles. The molecule has 0 atom stereocenters. The molecule has 0 bridgehead atoms. The molecule has 0 fully saturated rings. The Kier molecular flexibility index (Phi) is 5.12. The van der Waals surface area contributed by atoms with E-state index in [4.69, 9.17) is 20.8 Å². The number of anilines is 1. The third-order valence-corrected chi connectivity index (χ3v) is 5.15. The van der Waals surface area contributed by atoms with Crippen LogP contribution < -0.4 is 11.1 Å². The number of amides is 1. The molecular weight excluding hydrogens is 418 g/mol. The Morgan fingerprint density at radius 1 is 0.909 bits per heavy atom. The molecule has 9 heteroatoms. The van der Waals surface area contributed by atoms with Crippen molar-refractivity contribution in [3.63, 3.8) is 0 Å². The van der Waals surface area contributed by atoms with Crippen molar-refractivity contribution in [2.75, 3.05) is 5.73 Å². The number of imidazole rings is 1. The number of hydrogen-bond donors (Lipinski definition) is 3. The van der Waals surface area contributed by atoms with Crippen molar-refractivity contribution < 1.29 is 9.90 Å².